The van der Waals surface area contributed by atoms with Gasteiger partial charge in [-0.2, -0.15) is 0 Å². The predicted octanol–water partition coefficient (Wildman–Crippen LogP) is 0.00390. The molecule has 1 aliphatic rings. The number of nitrogens with two attached hydrogens (primary N) is 1. The molecule has 0 aromatic carbocycles. The van der Waals surface area contributed by atoms with Crippen molar-refractivity contribution in [3.8, 4) is 0 Å². The van der Waals surface area contributed by atoms with Crippen molar-refractivity contribution in [2.45, 2.75) is 31.7 Å². The lowest BCUT2D eigenvalue weighted by Gasteiger charge is -2.21. The van der Waals surface area contributed by atoms with Gasteiger partial charge < -0.3 is 11.1 Å². The summed E-state index contributed by atoms with van der Waals surface area (Å²) in [6.45, 7) is 3.06. The van der Waals surface area contributed by atoms with Crippen LogP contribution in [0, 0.1) is 0 Å². The summed E-state index contributed by atoms with van der Waals surface area (Å²) < 4.78 is 0. The highest BCUT2D eigenvalue weighted by Crippen LogP contribution is 2.21. The van der Waals surface area contributed by atoms with Crippen LogP contribution in [0.3, 0.4) is 0 Å². The van der Waals surface area contributed by atoms with Gasteiger partial charge in [-0.3, -0.25) is 4.79 Å². The van der Waals surface area contributed by atoms with E-state index < -0.39 is 0 Å². The molecule has 10 heavy (non-hydrogen) atoms. The van der Waals surface area contributed by atoms with Crippen molar-refractivity contribution in [3.63, 3.8) is 0 Å². The van der Waals surface area contributed by atoms with Crippen LogP contribution >= 0.6 is 0 Å². The van der Waals surface area contributed by atoms with E-state index in [0.717, 1.165) is 19.4 Å². The van der Waals surface area contributed by atoms with Crippen LogP contribution in [0.5, 0.6) is 0 Å². The molecule has 1 rings (SSSR count). The van der Waals surface area contributed by atoms with Gasteiger partial charge in [-0.25, -0.2) is 0 Å². The Morgan fingerprint density at radius 2 is 2.50 bits per heavy atom. The third-order valence-electron chi connectivity index (χ3n) is 2.02. The van der Waals surface area contributed by atoms with Gasteiger partial charge in [0.1, 0.15) is 0 Å². The molecule has 1 fully saturated rings. The highest BCUT2D eigenvalue weighted by atomic mass is 16.1. The quantitative estimate of drug-likeness (QED) is 0.570. The van der Waals surface area contributed by atoms with Gasteiger partial charge in [-0.1, -0.05) is 0 Å². The number of carbonyl (C=O) groups is 1. The summed E-state index contributed by atoms with van der Waals surface area (Å²) in [4.78, 5) is 10.5. The minimum atomic E-state index is -0.211. The van der Waals surface area contributed by atoms with Crippen molar-refractivity contribution in [3.05, 3.63) is 0 Å². The standard InChI is InChI=1S/C7H14N2O/c1-7(5-6(8)10)3-2-4-9-7/h9H,2-5H2,1H3,(H2,8,10). The van der Waals surface area contributed by atoms with Crippen molar-refractivity contribution in [2.75, 3.05) is 6.54 Å². The van der Waals surface area contributed by atoms with Crippen LogP contribution in [0.4, 0.5) is 0 Å². The molecular weight excluding hydrogens is 128 g/mol. The van der Waals surface area contributed by atoms with Crippen LogP contribution in [-0.2, 0) is 4.79 Å². The van der Waals surface area contributed by atoms with Crippen molar-refractivity contribution in [1.29, 1.82) is 0 Å². The zero-order chi connectivity index (χ0) is 7.61. The van der Waals surface area contributed by atoms with Gasteiger partial charge in [-0.15, -0.1) is 0 Å². The Morgan fingerprint density at radius 1 is 1.80 bits per heavy atom. The third kappa shape index (κ3) is 1.70. The fraction of sp³-hybridized carbons (Fsp3) is 0.857. The summed E-state index contributed by atoms with van der Waals surface area (Å²) in [5.74, 6) is -0.211. The van der Waals surface area contributed by atoms with Crippen molar-refractivity contribution in [2.24, 2.45) is 5.73 Å². The van der Waals surface area contributed by atoms with Crippen molar-refractivity contribution < 1.29 is 4.79 Å². The van der Waals surface area contributed by atoms with Gasteiger partial charge >= 0.3 is 0 Å². The molecule has 1 heterocycles. The molecule has 1 saturated heterocycles. The van der Waals surface area contributed by atoms with E-state index in [1.807, 2.05) is 6.92 Å². The molecule has 0 radical (unpaired) electrons. The fourth-order valence-corrected chi connectivity index (χ4v) is 1.49. The second kappa shape index (κ2) is 2.58. The number of primary amides is 1. The maximum Gasteiger partial charge on any atom is 0.219 e. The molecule has 1 aliphatic heterocycles. The average Bonchev–Trinajstić information content (AvgIpc) is 2.12. The molecule has 0 aromatic rings. The third-order valence-corrected chi connectivity index (χ3v) is 2.02. The Morgan fingerprint density at radius 3 is 2.90 bits per heavy atom. The van der Waals surface area contributed by atoms with Gasteiger partial charge in [0, 0.05) is 12.0 Å². The number of rotatable bonds is 2. The molecule has 3 heteroatoms. The first-order valence-electron chi connectivity index (χ1n) is 3.66. The van der Waals surface area contributed by atoms with Gasteiger partial charge in [0.05, 0.1) is 0 Å². The molecule has 0 saturated carbocycles. The second-order valence-corrected chi connectivity index (χ2v) is 3.23. The zero-order valence-electron chi connectivity index (χ0n) is 6.31. The normalized spacial score (nSPS) is 32.5. The van der Waals surface area contributed by atoms with E-state index in [4.69, 9.17) is 5.73 Å². The topological polar surface area (TPSA) is 55.1 Å². The van der Waals surface area contributed by atoms with E-state index in [2.05, 4.69) is 5.32 Å². The second-order valence-electron chi connectivity index (χ2n) is 3.23. The fourth-order valence-electron chi connectivity index (χ4n) is 1.49. The number of hydrogen-bond acceptors (Lipinski definition) is 2. The van der Waals surface area contributed by atoms with Crippen molar-refractivity contribution >= 4 is 5.91 Å². The molecule has 0 aliphatic carbocycles. The van der Waals surface area contributed by atoms with Gasteiger partial charge in [0.25, 0.3) is 0 Å². The van der Waals surface area contributed by atoms with Crippen LogP contribution < -0.4 is 11.1 Å². The van der Waals surface area contributed by atoms with Crippen LogP contribution in [0.1, 0.15) is 26.2 Å². The van der Waals surface area contributed by atoms with Crippen LogP contribution in [0.15, 0.2) is 0 Å². The van der Waals surface area contributed by atoms with E-state index in [1.54, 1.807) is 0 Å². The Balaban J connectivity index is 2.43. The van der Waals surface area contributed by atoms with Crippen LogP contribution in [0.25, 0.3) is 0 Å². The van der Waals surface area contributed by atoms with Gasteiger partial charge in [0.15, 0.2) is 0 Å². The average molecular weight is 142 g/mol. The van der Waals surface area contributed by atoms with E-state index in [1.165, 1.54) is 0 Å². The van der Waals surface area contributed by atoms with E-state index in [-0.39, 0.29) is 11.4 Å². The van der Waals surface area contributed by atoms with E-state index in [9.17, 15) is 4.79 Å². The molecular formula is C7H14N2O. The van der Waals surface area contributed by atoms with Gasteiger partial charge in [-0.05, 0) is 26.3 Å². The van der Waals surface area contributed by atoms with E-state index in [0.29, 0.717) is 6.42 Å². The predicted molar refractivity (Wildman–Crippen MR) is 39.5 cm³/mol. The number of hydrogen-bond donors (Lipinski definition) is 2. The maximum absolute atomic E-state index is 10.5. The molecule has 1 atom stereocenters. The summed E-state index contributed by atoms with van der Waals surface area (Å²) in [5, 5.41) is 3.26. The Kier molecular flexibility index (Phi) is 1.94. The molecule has 58 valence electrons. The summed E-state index contributed by atoms with van der Waals surface area (Å²) in [7, 11) is 0. The number of amides is 1. The molecule has 0 aromatic heterocycles. The zero-order valence-corrected chi connectivity index (χ0v) is 6.31. The van der Waals surface area contributed by atoms with Crippen LogP contribution in [0.2, 0.25) is 0 Å². The lowest BCUT2D eigenvalue weighted by Crippen LogP contribution is -2.40. The number of nitrogens with one attached hydrogen (secondary N) is 1. The molecule has 1 unspecified atom stereocenters. The highest BCUT2D eigenvalue weighted by molar-refractivity contribution is 5.75. The Hall–Kier alpha value is -0.570. The Labute approximate surface area is 61.0 Å². The lowest BCUT2D eigenvalue weighted by atomic mass is 9.96. The molecule has 0 bridgehead atoms. The molecule has 0 spiro atoms. The summed E-state index contributed by atoms with van der Waals surface area (Å²) in [5.41, 5.74) is 5.07. The SMILES string of the molecule is CC1(CC(N)=O)CCCN1. The van der Waals surface area contributed by atoms with Gasteiger partial charge in [0.2, 0.25) is 5.91 Å². The van der Waals surface area contributed by atoms with Crippen molar-refractivity contribution in [1.82, 2.24) is 5.32 Å². The minimum absolute atomic E-state index is 0.00810. The largest absolute Gasteiger partial charge is 0.370 e. The highest BCUT2D eigenvalue weighted by Gasteiger charge is 2.29. The number of carbonyl (C=O) groups excluding carboxylic acids is 1. The lowest BCUT2D eigenvalue weighted by molar-refractivity contribution is -0.119. The minimum Gasteiger partial charge on any atom is -0.370 e. The molecule has 1 amide bonds. The summed E-state index contributed by atoms with van der Waals surface area (Å²) in [6, 6.07) is 0. The first-order chi connectivity index (χ1) is 4.62. The maximum atomic E-state index is 10.5. The van der Waals surface area contributed by atoms with Crippen LogP contribution in [-0.4, -0.2) is 18.0 Å². The Bertz CT molecular complexity index is 139. The summed E-state index contributed by atoms with van der Waals surface area (Å²) in [6.07, 6.45) is 2.69. The van der Waals surface area contributed by atoms with E-state index >= 15 is 0 Å². The molecule has 3 N–H and O–H groups in total. The monoisotopic (exact) mass is 142 g/mol. The smallest absolute Gasteiger partial charge is 0.219 e. The molecule has 3 nitrogen and oxygen atoms in total. The summed E-state index contributed by atoms with van der Waals surface area (Å²) >= 11 is 0. The first kappa shape index (κ1) is 7.54. The first-order valence-corrected chi connectivity index (χ1v) is 3.66.